The highest BCUT2D eigenvalue weighted by Gasteiger charge is 2.29. The van der Waals surface area contributed by atoms with Crippen LogP contribution in [0.3, 0.4) is 0 Å². The number of hydrazone groups is 1. The zero-order chi connectivity index (χ0) is 26.1. The summed E-state index contributed by atoms with van der Waals surface area (Å²) in [5, 5.41) is 17.1. The number of fused-ring (bicyclic) bond motifs is 1. The number of aryl methyl sites for hydroxylation is 2. The smallest absolute Gasteiger partial charge is 0.262 e. The maximum atomic E-state index is 13.4. The van der Waals surface area contributed by atoms with Crippen LogP contribution in [-0.2, 0) is 6.54 Å². The van der Waals surface area contributed by atoms with Gasteiger partial charge in [-0.1, -0.05) is 17.7 Å². The van der Waals surface area contributed by atoms with Crippen LogP contribution in [0.1, 0.15) is 53.2 Å². The van der Waals surface area contributed by atoms with Crippen LogP contribution in [0.2, 0.25) is 0 Å². The fraction of sp³-hybridized carbons (Fsp3) is 0.357. The molecule has 3 aromatic rings. The number of thiazole rings is 1. The molecule has 1 N–H and O–H groups in total. The Morgan fingerprint density at radius 2 is 2.00 bits per heavy atom. The molecule has 0 saturated carbocycles. The number of hydrogen-bond donors (Lipinski definition) is 1. The van der Waals surface area contributed by atoms with Crippen molar-refractivity contribution in [3.05, 3.63) is 75.6 Å². The van der Waals surface area contributed by atoms with Crippen LogP contribution < -0.4 is 10.3 Å². The number of carbonyl (C=O) groups is 1. The van der Waals surface area contributed by atoms with Gasteiger partial charge in [0.1, 0.15) is 16.4 Å². The van der Waals surface area contributed by atoms with Crippen molar-refractivity contribution in [3.63, 3.8) is 0 Å². The first-order valence-corrected chi connectivity index (χ1v) is 13.9. The minimum absolute atomic E-state index is 0.253. The molecule has 0 spiro atoms. The summed E-state index contributed by atoms with van der Waals surface area (Å²) >= 11 is 1.71. The van der Waals surface area contributed by atoms with Gasteiger partial charge in [-0.15, -0.1) is 16.4 Å². The van der Waals surface area contributed by atoms with E-state index in [2.05, 4.69) is 43.2 Å². The maximum absolute atomic E-state index is 13.4. The van der Waals surface area contributed by atoms with Crippen LogP contribution in [0.25, 0.3) is 0 Å². The average molecular weight is 527 g/mol. The number of hydrogen-bond acceptors (Lipinski definition) is 8. The molecule has 0 radical (unpaired) electrons. The Labute approximate surface area is 225 Å². The molecule has 1 fully saturated rings. The fourth-order valence-corrected chi connectivity index (χ4v) is 5.86. The molecule has 10 heteroatoms. The van der Waals surface area contributed by atoms with Crippen LogP contribution in [0.5, 0.6) is 0 Å². The highest BCUT2D eigenvalue weighted by atomic mass is 32.1. The second kappa shape index (κ2) is 10.5. The molecule has 1 atom stereocenters. The van der Waals surface area contributed by atoms with Gasteiger partial charge in [0, 0.05) is 42.2 Å². The van der Waals surface area contributed by atoms with Crippen molar-refractivity contribution < 1.29 is 4.79 Å². The van der Waals surface area contributed by atoms with E-state index in [0.29, 0.717) is 29.2 Å². The monoisotopic (exact) mass is 526 g/mol. The van der Waals surface area contributed by atoms with Gasteiger partial charge in [0.2, 0.25) is 0 Å². The summed E-state index contributed by atoms with van der Waals surface area (Å²) in [6.45, 7) is 6.96. The zero-order valence-electron chi connectivity index (χ0n) is 21.5. The second-order valence-electron chi connectivity index (χ2n) is 9.86. The molecule has 6 rings (SSSR count). The van der Waals surface area contributed by atoms with E-state index in [1.165, 1.54) is 0 Å². The molecule has 5 heterocycles. The Bertz CT molecular complexity index is 1440. The summed E-state index contributed by atoms with van der Waals surface area (Å²) in [5.41, 5.74) is 3.48. The predicted octanol–water partition coefficient (Wildman–Crippen LogP) is 4.83. The summed E-state index contributed by atoms with van der Waals surface area (Å²) in [6.07, 6.45) is 10.1. The number of likely N-dealkylation sites (tertiary alicyclic amines) is 1. The highest BCUT2D eigenvalue weighted by molar-refractivity contribution is 7.09. The van der Waals surface area contributed by atoms with Gasteiger partial charge in [0.05, 0.1) is 17.9 Å². The summed E-state index contributed by atoms with van der Waals surface area (Å²) in [4.78, 5) is 24.8. The van der Waals surface area contributed by atoms with Crippen molar-refractivity contribution in [3.8, 4) is 0 Å². The lowest BCUT2D eigenvalue weighted by Gasteiger charge is -2.36. The van der Waals surface area contributed by atoms with E-state index in [1.54, 1.807) is 27.2 Å². The molecule has 1 unspecified atom stereocenters. The number of aromatic nitrogens is 3. The average Bonchev–Trinajstić information content (AvgIpc) is 3.64. The molecule has 194 valence electrons. The number of allylic oxidation sites excluding steroid dienone is 2. The lowest BCUT2D eigenvalue weighted by atomic mass is 9.88. The van der Waals surface area contributed by atoms with Crippen LogP contribution in [0, 0.1) is 12.8 Å². The number of nitrogens with one attached hydrogen (secondary N) is 1. The lowest BCUT2D eigenvalue weighted by molar-refractivity contribution is 0.0965. The first-order chi connectivity index (χ1) is 18.6. The van der Waals surface area contributed by atoms with Gasteiger partial charge in [-0.2, -0.15) is 5.10 Å². The van der Waals surface area contributed by atoms with Gasteiger partial charge < -0.3 is 5.32 Å². The van der Waals surface area contributed by atoms with Gasteiger partial charge >= 0.3 is 0 Å². The van der Waals surface area contributed by atoms with E-state index in [-0.39, 0.29) is 5.91 Å². The van der Waals surface area contributed by atoms with Gasteiger partial charge in [-0.05, 0) is 63.9 Å². The van der Waals surface area contributed by atoms with E-state index >= 15 is 0 Å². The third-order valence-corrected chi connectivity index (χ3v) is 8.33. The van der Waals surface area contributed by atoms with Gasteiger partial charge in [-0.25, -0.2) is 19.7 Å². The van der Waals surface area contributed by atoms with E-state index < -0.39 is 0 Å². The molecular formula is C28H30N8OS. The van der Waals surface area contributed by atoms with Crippen molar-refractivity contribution in [1.29, 1.82) is 0 Å². The second-order valence-corrected chi connectivity index (χ2v) is 10.8. The number of anilines is 1. The first-order valence-electron chi connectivity index (χ1n) is 13.0. The van der Waals surface area contributed by atoms with E-state index in [1.807, 2.05) is 55.1 Å². The summed E-state index contributed by atoms with van der Waals surface area (Å²) in [7, 11) is 0. The lowest BCUT2D eigenvalue weighted by Crippen LogP contribution is -2.37. The molecule has 1 amide bonds. The number of nitrogens with zero attached hydrogens (tertiary/aromatic N) is 7. The molecule has 3 aliphatic rings. The van der Waals surface area contributed by atoms with E-state index in [9.17, 15) is 4.79 Å². The van der Waals surface area contributed by atoms with Crippen LogP contribution in [0.4, 0.5) is 11.5 Å². The van der Waals surface area contributed by atoms with Crippen molar-refractivity contribution in [2.45, 2.75) is 45.7 Å². The number of carbonyl (C=O) groups excluding carboxylic acids is 1. The topological polar surface area (TPSA) is 91.0 Å². The van der Waals surface area contributed by atoms with Gasteiger partial charge in [0.25, 0.3) is 5.91 Å². The minimum atomic E-state index is -0.253. The number of rotatable bonds is 6. The highest BCUT2D eigenvalue weighted by Crippen LogP contribution is 2.33. The van der Waals surface area contributed by atoms with Crippen molar-refractivity contribution in [2.75, 3.05) is 18.1 Å². The quantitative estimate of drug-likeness (QED) is 0.497. The summed E-state index contributed by atoms with van der Waals surface area (Å²) in [5.74, 6) is 4.54. The van der Waals surface area contributed by atoms with Crippen molar-refractivity contribution >= 4 is 40.8 Å². The van der Waals surface area contributed by atoms with Crippen LogP contribution in [0.15, 0.2) is 69.6 Å². The third kappa shape index (κ3) is 4.86. The maximum Gasteiger partial charge on any atom is 0.262 e. The van der Waals surface area contributed by atoms with Crippen molar-refractivity contribution in [1.82, 2.24) is 25.0 Å². The van der Waals surface area contributed by atoms with E-state index in [0.717, 1.165) is 60.7 Å². The fourth-order valence-electron chi connectivity index (χ4n) is 5.13. The third-order valence-electron chi connectivity index (χ3n) is 7.39. The number of benzene rings is 1. The summed E-state index contributed by atoms with van der Waals surface area (Å²) < 4.78 is 1.77. The molecule has 9 nitrogen and oxygen atoms in total. The summed E-state index contributed by atoms with van der Waals surface area (Å²) in [6, 6.07) is 8.38. The standard InChI is InChI=1S/C28H30N8OS/c1-19-4-6-23(7-5-19)36-25(33-27(37)24-18-31-35-12-3-10-29-26(24)35)16-22(17-32-36)21-8-13-34(14-9-21)20(2)28-30-11-15-38-28/h4-7,10-11,15-16,18,20-21H,3,8-9,12-14H2,1-2H3,(H,33,37). The molecule has 1 saturated heterocycles. The molecule has 0 aliphatic carbocycles. The number of aliphatic imine (C=N–C) groups is 1. The Balaban J connectivity index is 1.24. The normalized spacial score (nSPS) is 18.6. The molecule has 38 heavy (non-hydrogen) atoms. The van der Waals surface area contributed by atoms with Gasteiger partial charge in [0.15, 0.2) is 5.82 Å². The predicted molar refractivity (Wildman–Crippen MR) is 150 cm³/mol. The molecule has 0 bridgehead atoms. The minimum Gasteiger partial charge on any atom is -0.306 e. The van der Waals surface area contributed by atoms with Crippen LogP contribution in [-0.4, -0.2) is 50.7 Å². The Morgan fingerprint density at radius 3 is 2.76 bits per heavy atom. The number of piperidine rings is 1. The zero-order valence-corrected chi connectivity index (χ0v) is 22.4. The largest absolute Gasteiger partial charge is 0.306 e. The Morgan fingerprint density at radius 1 is 1.18 bits per heavy atom. The molecular weight excluding hydrogens is 496 g/mol. The molecule has 2 aromatic heterocycles. The Hall–Kier alpha value is -3.85. The van der Waals surface area contributed by atoms with Crippen LogP contribution >= 0.6 is 11.3 Å². The number of amides is 1. The van der Waals surface area contributed by atoms with Gasteiger partial charge in [-0.3, -0.25) is 9.69 Å². The van der Waals surface area contributed by atoms with Crippen molar-refractivity contribution in [2.24, 2.45) is 16.0 Å². The first kappa shape index (κ1) is 24.5. The van der Waals surface area contributed by atoms with E-state index in [4.69, 9.17) is 0 Å². The molecule has 1 aromatic carbocycles. The molecule has 3 aliphatic heterocycles. The Kier molecular flexibility index (Phi) is 6.76. The SMILES string of the molecule is Cc1ccc(N2N=C=C(C3CCN(C(C)c4nccs4)CC3)C=C2NC(=O)c2cnn3c2N=CCC3)cc1.